The van der Waals surface area contributed by atoms with Crippen LogP contribution < -0.4 is 10.6 Å². The first-order chi connectivity index (χ1) is 13.7. The molecule has 0 spiro atoms. The number of aryl methyl sites for hydroxylation is 1. The molecule has 0 unspecified atom stereocenters. The van der Waals surface area contributed by atoms with E-state index in [9.17, 15) is 4.79 Å². The SMILES string of the molecule is Cc1nc2c(ccc3nc(NC(=O)NCc4cccc5ccccc45)sc32)s1. The molecule has 28 heavy (non-hydrogen) atoms. The molecule has 5 nitrogen and oxygen atoms in total. The summed E-state index contributed by atoms with van der Waals surface area (Å²) in [5.74, 6) is 0. The molecule has 0 saturated heterocycles. The van der Waals surface area contributed by atoms with Crippen LogP contribution in [0.25, 0.3) is 31.2 Å². The third-order valence-electron chi connectivity index (χ3n) is 4.56. The van der Waals surface area contributed by atoms with E-state index < -0.39 is 0 Å². The number of thiazole rings is 2. The summed E-state index contributed by atoms with van der Waals surface area (Å²) in [6, 6.07) is 18.0. The lowest BCUT2D eigenvalue weighted by atomic mass is 10.0. The molecule has 0 atom stereocenters. The fraction of sp³-hybridized carbons (Fsp3) is 0.0952. The van der Waals surface area contributed by atoms with Gasteiger partial charge in [-0.3, -0.25) is 5.32 Å². The minimum absolute atomic E-state index is 0.266. The molecule has 5 rings (SSSR count). The van der Waals surface area contributed by atoms with Gasteiger partial charge in [0.1, 0.15) is 5.52 Å². The van der Waals surface area contributed by atoms with Crippen LogP contribution in [-0.4, -0.2) is 16.0 Å². The molecule has 0 saturated carbocycles. The smallest absolute Gasteiger partial charge is 0.321 e. The molecule has 0 aliphatic rings. The molecule has 0 aliphatic carbocycles. The number of benzene rings is 3. The lowest BCUT2D eigenvalue weighted by Crippen LogP contribution is -2.28. The first-order valence-corrected chi connectivity index (χ1v) is 10.5. The number of carbonyl (C=O) groups excluding carboxylic acids is 1. The highest BCUT2D eigenvalue weighted by Crippen LogP contribution is 2.34. The highest BCUT2D eigenvalue weighted by Gasteiger charge is 2.12. The van der Waals surface area contributed by atoms with Crippen LogP contribution >= 0.6 is 22.7 Å². The maximum atomic E-state index is 12.4. The van der Waals surface area contributed by atoms with Crippen molar-refractivity contribution in [2.45, 2.75) is 13.5 Å². The Kier molecular flexibility index (Phi) is 4.18. The molecule has 5 aromatic rings. The van der Waals surface area contributed by atoms with Crippen molar-refractivity contribution in [2.24, 2.45) is 0 Å². The van der Waals surface area contributed by atoms with E-state index in [4.69, 9.17) is 0 Å². The predicted molar refractivity (Wildman–Crippen MR) is 117 cm³/mol. The van der Waals surface area contributed by atoms with Gasteiger partial charge < -0.3 is 5.32 Å². The number of hydrogen-bond donors (Lipinski definition) is 2. The average Bonchev–Trinajstić information content (AvgIpc) is 3.28. The molecule has 0 radical (unpaired) electrons. The number of fused-ring (bicyclic) bond motifs is 4. The summed E-state index contributed by atoms with van der Waals surface area (Å²) in [6.07, 6.45) is 0. The lowest BCUT2D eigenvalue weighted by molar-refractivity contribution is 0.252. The zero-order valence-electron chi connectivity index (χ0n) is 15.0. The number of rotatable bonds is 3. The number of nitrogens with one attached hydrogen (secondary N) is 2. The van der Waals surface area contributed by atoms with Gasteiger partial charge in [0.05, 0.1) is 19.9 Å². The Hall–Kier alpha value is -3.03. The molecule has 0 aliphatic heterocycles. The fourth-order valence-corrected chi connectivity index (χ4v) is 5.16. The normalized spacial score (nSPS) is 11.3. The first kappa shape index (κ1) is 17.1. The average molecular weight is 405 g/mol. The van der Waals surface area contributed by atoms with Crippen LogP contribution in [0.2, 0.25) is 0 Å². The second-order valence-corrected chi connectivity index (χ2v) is 8.69. The molecular weight excluding hydrogens is 388 g/mol. The Morgan fingerprint density at radius 1 is 1.00 bits per heavy atom. The van der Waals surface area contributed by atoms with Gasteiger partial charge in [-0.15, -0.1) is 11.3 Å². The second-order valence-electron chi connectivity index (χ2n) is 6.46. The molecule has 2 amide bonds. The molecule has 7 heteroatoms. The van der Waals surface area contributed by atoms with Gasteiger partial charge in [0.15, 0.2) is 5.13 Å². The summed E-state index contributed by atoms with van der Waals surface area (Å²) in [4.78, 5) is 21.5. The number of urea groups is 1. The van der Waals surface area contributed by atoms with Gasteiger partial charge in [0.2, 0.25) is 0 Å². The highest BCUT2D eigenvalue weighted by molar-refractivity contribution is 7.24. The summed E-state index contributed by atoms with van der Waals surface area (Å²) >= 11 is 3.12. The topological polar surface area (TPSA) is 66.9 Å². The van der Waals surface area contributed by atoms with Crippen LogP contribution in [0.15, 0.2) is 54.6 Å². The first-order valence-electron chi connectivity index (χ1n) is 8.85. The predicted octanol–water partition coefficient (Wildman–Crippen LogP) is 5.69. The van der Waals surface area contributed by atoms with Gasteiger partial charge in [0, 0.05) is 6.54 Å². The van der Waals surface area contributed by atoms with E-state index in [1.165, 1.54) is 11.3 Å². The van der Waals surface area contributed by atoms with Crippen LogP contribution in [0.5, 0.6) is 0 Å². The molecule has 2 heterocycles. The summed E-state index contributed by atoms with van der Waals surface area (Å²) in [7, 11) is 0. The van der Waals surface area contributed by atoms with Crippen molar-refractivity contribution in [3.8, 4) is 0 Å². The number of anilines is 1. The number of nitrogens with zero attached hydrogens (tertiary/aromatic N) is 2. The molecule has 2 N–H and O–H groups in total. The summed E-state index contributed by atoms with van der Waals surface area (Å²) < 4.78 is 2.15. The van der Waals surface area contributed by atoms with Crippen molar-refractivity contribution in [3.63, 3.8) is 0 Å². The van der Waals surface area contributed by atoms with Crippen molar-refractivity contribution in [1.29, 1.82) is 0 Å². The number of carbonyl (C=O) groups is 1. The summed E-state index contributed by atoms with van der Waals surface area (Å²) in [5.41, 5.74) is 2.89. The highest BCUT2D eigenvalue weighted by atomic mass is 32.1. The Bertz CT molecular complexity index is 1330. The van der Waals surface area contributed by atoms with E-state index in [2.05, 4.69) is 38.8 Å². The monoisotopic (exact) mass is 404 g/mol. The molecule has 3 aromatic carbocycles. The van der Waals surface area contributed by atoms with E-state index >= 15 is 0 Å². The standard InChI is InChI=1S/C21H16N4OS2/c1-12-23-18-17(27-12)10-9-16-19(18)28-21(24-16)25-20(26)22-11-14-7-4-6-13-5-2-3-8-15(13)14/h2-10H,11H2,1H3,(H2,22,24,25,26). The van der Waals surface area contributed by atoms with Crippen LogP contribution in [0, 0.1) is 6.92 Å². The van der Waals surface area contributed by atoms with Gasteiger partial charge in [0.25, 0.3) is 0 Å². The van der Waals surface area contributed by atoms with E-state index in [-0.39, 0.29) is 6.03 Å². The summed E-state index contributed by atoms with van der Waals surface area (Å²) in [5, 5.41) is 9.69. The van der Waals surface area contributed by atoms with Gasteiger partial charge >= 0.3 is 6.03 Å². The van der Waals surface area contributed by atoms with Crippen molar-refractivity contribution in [3.05, 3.63) is 65.2 Å². The van der Waals surface area contributed by atoms with Crippen molar-refractivity contribution >= 4 is 65.0 Å². The Morgan fingerprint density at radius 3 is 2.79 bits per heavy atom. The fourth-order valence-electron chi connectivity index (χ4n) is 3.30. The second kappa shape index (κ2) is 6.85. The molecule has 2 aromatic heterocycles. The van der Waals surface area contributed by atoms with Crippen LogP contribution in [0.1, 0.15) is 10.6 Å². The van der Waals surface area contributed by atoms with Crippen LogP contribution in [0.4, 0.5) is 9.93 Å². The minimum atomic E-state index is -0.266. The quantitative estimate of drug-likeness (QED) is 0.406. The summed E-state index contributed by atoms with van der Waals surface area (Å²) in [6.45, 7) is 2.45. The van der Waals surface area contributed by atoms with Crippen molar-refractivity contribution < 1.29 is 4.79 Å². The maximum absolute atomic E-state index is 12.4. The van der Waals surface area contributed by atoms with Gasteiger partial charge in [-0.2, -0.15) is 0 Å². The van der Waals surface area contributed by atoms with E-state index in [0.29, 0.717) is 11.7 Å². The minimum Gasteiger partial charge on any atom is -0.334 e. The number of hydrogen-bond acceptors (Lipinski definition) is 5. The number of amides is 2. The van der Waals surface area contributed by atoms with Gasteiger partial charge in [-0.1, -0.05) is 53.8 Å². The van der Waals surface area contributed by atoms with Gasteiger partial charge in [-0.25, -0.2) is 14.8 Å². The van der Waals surface area contributed by atoms with E-state index in [0.717, 1.165) is 41.8 Å². The molecule has 0 bridgehead atoms. The molecule has 138 valence electrons. The van der Waals surface area contributed by atoms with Crippen molar-refractivity contribution in [2.75, 3.05) is 5.32 Å². The third kappa shape index (κ3) is 3.08. The van der Waals surface area contributed by atoms with Crippen LogP contribution in [0.3, 0.4) is 0 Å². The van der Waals surface area contributed by atoms with Crippen molar-refractivity contribution in [1.82, 2.24) is 15.3 Å². The maximum Gasteiger partial charge on any atom is 0.321 e. The zero-order valence-corrected chi connectivity index (χ0v) is 16.7. The van der Waals surface area contributed by atoms with Gasteiger partial charge in [-0.05, 0) is 35.4 Å². The zero-order chi connectivity index (χ0) is 19.1. The van der Waals surface area contributed by atoms with Crippen LogP contribution in [-0.2, 0) is 6.54 Å². The lowest BCUT2D eigenvalue weighted by Gasteiger charge is -2.08. The van der Waals surface area contributed by atoms with E-state index in [1.807, 2.05) is 43.3 Å². The third-order valence-corrected chi connectivity index (χ3v) is 6.49. The molecule has 0 fully saturated rings. The Morgan fingerprint density at radius 2 is 1.86 bits per heavy atom. The van der Waals surface area contributed by atoms with E-state index in [1.54, 1.807) is 11.3 Å². The Labute approximate surface area is 169 Å². The Balaban J connectivity index is 1.34. The largest absolute Gasteiger partial charge is 0.334 e. The number of aromatic nitrogens is 2. The molecular formula is C21H16N4OS2.